The number of anilines is 3. The molecule has 38 heavy (non-hydrogen) atoms. The summed E-state index contributed by atoms with van der Waals surface area (Å²) in [7, 11) is 1.26. The van der Waals surface area contributed by atoms with Gasteiger partial charge in [0.1, 0.15) is 17.5 Å². The van der Waals surface area contributed by atoms with Gasteiger partial charge >= 0.3 is 6.03 Å². The van der Waals surface area contributed by atoms with E-state index < -0.39 is 28.0 Å². The fourth-order valence-corrected chi connectivity index (χ4v) is 4.36. The number of halogens is 2. The van der Waals surface area contributed by atoms with Gasteiger partial charge in [0.15, 0.2) is 0 Å². The summed E-state index contributed by atoms with van der Waals surface area (Å²) in [5.41, 5.74) is -0.705. The third-order valence-electron chi connectivity index (χ3n) is 5.66. The zero-order valence-electron chi connectivity index (χ0n) is 19.6. The molecule has 1 unspecified atom stereocenters. The maximum Gasteiger partial charge on any atom is 0.337 e. The second kappa shape index (κ2) is 10.8. The van der Waals surface area contributed by atoms with Gasteiger partial charge in [-0.3, -0.25) is 29.9 Å². The number of amidine groups is 1. The summed E-state index contributed by atoms with van der Waals surface area (Å²) in [5.74, 6) is -1.52. The van der Waals surface area contributed by atoms with Gasteiger partial charge in [0.2, 0.25) is 5.84 Å². The number of aliphatic imine (C=N–C) groups is 1. The first kappa shape index (κ1) is 26.5. The first-order valence-electron chi connectivity index (χ1n) is 10.9. The van der Waals surface area contributed by atoms with Crippen LogP contribution in [0.25, 0.3) is 0 Å². The van der Waals surface area contributed by atoms with E-state index in [4.69, 9.17) is 23.2 Å². The van der Waals surface area contributed by atoms with Crippen molar-refractivity contribution >= 4 is 69.4 Å². The Morgan fingerprint density at radius 3 is 1.89 bits per heavy atom. The van der Waals surface area contributed by atoms with E-state index in [1.165, 1.54) is 72.6 Å². The SMILES string of the molecule is CN1C(=O)C(=NC(CCl)N(c2ccccc2[N+](=O)[O-])c2ccccc2[N+](=O)[O-])N(c2ccccc2Cl)C1=O. The lowest BCUT2D eigenvalue weighted by Crippen LogP contribution is -2.37. The van der Waals surface area contributed by atoms with Gasteiger partial charge in [0.25, 0.3) is 17.3 Å². The second-order valence-electron chi connectivity index (χ2n) is 7.88. The molecule has 194 valence electrons. The molecule has 1 aliphatic rings. The van der Waals surface area contributed by atoms with E-state index in [1.807, 2.05) is 0 Å². The predicted molar refractivity (Wildman–Crippen MR) is 142 cm³/mol. The molecule has 14 heteroatoms. The summed E-state index contributed by atoms with van der Waals surface area (Å²) in [4.78, 5) is 56.1. The Hall–Kier alpha value is -4.55. The van der Waals surface area contributed by atoms with Crippen molar-refractivity contribution in [3.8, 4) is 0 Å². The maximum atomic E-state index is 13.1. The fraction of sp³-hybridized carbons (Fsp3) is 0.125. The highest BCUT2D eigenvalue weighted by molar-refractivity contribution is 6.55. The number of benzene rings is 3. The quantitative estimate of drug-likeness (QED) is 0.157. The van der Waals surface area contributed by atoms with Crippen LogP contribution < -0.4 is 9.80 Å². The van der Waals surface area contributed by atoms with Crippen LogP contribution in [0.2, 0.25) is 5.02 Å². The van der Waals surface area contributed by atoms with Crippen molar-refractivity contribution in [2.24, 2.45) is 4.99 Å². The lowest BCUT2D eigenvalue weighted by molar-refractivity contribution is -0.384. The highest BCUT2D eigenvalue weighted by atomic mass is 35.5. The average Bonchev–Trinajstić information content (AvgIpc) is 3.12. The van der Waals surface area contributed by atoms with Crippen LogP contribution in [0.4, 0.5) is 33.2 Å². The summed E-state index contributed by atoms with van der Waals surface area (Å²) in [6, 6.07) is 16.7. The van der Waals surface area contributed by atoms with E-state index in [1.54, 1.807) is 12.1 Å². The molecule has 0 aliphatic carbocycles. The van der Waals surface area contributed by atoms with Crippen LogP contribution in [-0.2, 0) is 4.79 Å². The van der Waals surface area contributed by atoms with Gasteiger partial charge in [-0.2, -0.15) is 0 Å². The smallest absolute Gasteiger partial charge is 0.306 e. The second-order valence-corrected chi connectivity index (χ2v) is 8.60. The molecule has 4 rings (SSSR count). The molecule has 0 spiro atoms. The van der Waals surface area contributed by atoms with E-state index in [0.29, 0.717) is 0 Å². The number of alkyl halides is 1. The van der Waals surface area contributed by atoms with E-state index in [2.05, 4.69) is 4.99 Å². The van der Waals surface area contributed by atoms with Crippen molar-refractivity contribution in [3.05, 3.63) is 98.0 Å². The standard InChI is InChI=1S/C24H18Cl2N6O6/c1-28-23(33)22(30(24(28)34)16-9-3-2-8-15(16)26)27-21(14-25)29(17-10-4-6-12-19(17)31(35)36)18-11-5-7-13-20(18)32(37)38/h2-13,21H,14H2,1H3. The first-order valence-corrected chi connectivity index (χ1v) is 11.8. The van der Waals surface area contributed by atoms with Crippen LogP contribution in [0.15, 0.2) is 77.8 Å². The molecule has 3 amide bonds. The van der Waals surface area contributed by atoms with Gasteiger partial charge in [-0.15, -0.1) is 11.6 Å². The van der Waals surface area contributed by atoms with Crippen LogP contribution in [0.1, 0.15) is 0 Å². The molecule has 3 aromatic carbocycles. The number of hydrogen-bond acceptors (Lipinski definition) is 8. The highest BCUT2D eigenvalue weighted by Gasteiger charge is 2.43. The molecule has 1 fully saturated rings. The van der Waals surface area contributed by atoms with E-state index in [9.17, 15) is 29.8 Å². The fourth-order valence-electron chi connectivity index (χ4n) is 3.93. The molecule has 0 aromatic heterocycles. The Morgan fingerprint density at radius 2 is 1.39 bits per heavy atom. The number of urea groups is 1. The minimum Gasteiger partial charge on any atom is -0.306 e. The van der Waals surface area contributed by atoms with Gasteiger partial charge in [0, 0.05) is 19.2 Å². The third kappa shape index (κ3) is 4.74. The molecule has 0 N–H and O–H groups in total. The number of nitrogens with zero attached hydrogens (tertiary/aromatic N) is 6. The Kier molecular flexibility index (Phi) is 7.55. The zero-order chi connectivity index (χ0) is 27.6. The number of amides is 3. The molecule has 3 aromatic rings. The minimum absolute atomic E-state index is 0.0591. The Morgan fingerprint density at radius 1 is 0.895 bits per heavy atom. The maximum absolute atomic E-state index is 13.1. The number of imide groups is 1. The van der Waals surface area contributed by atoms with E-state index >= 15 is 0 Å². The number of nitro benzene ring substituents is 2. The van der Waals surface area contributed by atoms with Gasteiger partial charge in [-0.1, -0.05) is 48.0 Å². The highest BCUT2D eigenvalue weighted by Crippen LogP contribution is 2.40. The first-order chi connectivity index (χ1) is 18.2. The van der Waals surface area contributed by atoms with Crippen LogP contribution in [0, 0.1) is 20.2 Å². The number of rotatable bonds is 8. The van der Waals surface area contributed by atoms with Crippen molar-refractivity contribution in [3.63, 3.8) is 0 Å². The molecular formula is C24H18Cl2N6O6. The molecule has 1 heterocycles. The Balaban J connectivity index is 1.97. The monoisotopic (exact) mass is 556 g/mol. The van der Waals surface area contributed by atoms with Gasteiger partial charge in [-0.05, 0) is 24.3 Å². The van der Waals surface area contributed by atoms with Crippen molar-refractivity contribution in [1.29, 1.82) is 0 Å². The minimum atomic E-state index is -1.30. The zero-order valence-corrected chi connectivity index (χ0v) is 21.1. The molecule has 0 radical (unpaired) electrons. The number of hydrogen-bond donors (Lipinski definition) is 0. The van der Waals surface area contributed by atoms with Gasteiger partial charge in [-0.25, -0.2) is 14.7 Å². The number of nitro groups is 2. The van der Waals surface area contributed by atoms with Crippen molar-refractivity contribution in [2.45, 2.75) is 6.17 Å². The summed E-state index contributed by atoms with van der Waals surface area (Å²) >= 11 is 12.6. The Labute approximate surface area is 225 Å². The van der Waals surface area contributed by atoms with Gasteiger partial charge < -0.3 is 4.90 Å². The van der Waals surface area contributed by atoms with Crippen molar-refractivity contribution in [2.75, 3.05) is 22.7 Å². The van der Waals surface area contributed by atoms with Crippen molar-refractivity contribution in [1.82, 2.24) is 4.90 Å². The lowest BCUT2D eigenvalue weighted by Gasteiger charge is -2.30. The number of carbonyl (C=O) groups is 2. The molecule has 1 saturated heterocycles. The number of likely N-dealkylation sites (N-methyl/N-ethyl adjacent to an activating group) is 1. The van der Waals surface area contributed by atoms with E-state index in [-0.39, 0.29) is 45.2 Å². The Bertz CT molecular complexity index is 1420. The normalized spacial score (nSPS) is 15.2. The van der Waals surface area contributed by atoms with E-state index in [0.717, 1.165) is 9.80 Å². The van der Waals surface area contributed by atoms with Crippen LogP contribution in [0.5, 0.6) is 0 Å². The molecule has 1 aliphatic heterocycles. The van der Waals surface area contributed by atoms with Crippen LogP contribution in [-0.4, -0.2) is 51.6 Å². The van der Waals surface area contributed by atoms with Crippen LogP contribution in [0.3, 0.4) is 0 Å². The third-order valence-corrected chi connectivity index (χ3v) is 6.26. The topological polar surface area (TPSA) is 142 Å². The molecule has 0 bridgehead atoms. The largest absolute Gasteiger partial charge is 0.337 e. The summed E-state index contributed by atoms with van der Waals surface area (Å²) in [5, 5.41) is 23.9. The van der Waals surface area contributed by atoms with Crippen molar-refractivity contribution < 1.29 is 19.4 Å². The molecule has 0 saturated carbocycles. The number of para-hydroxylation sites is 5. The van der Waals surface area contributed by atoms with Gasteiger partial charge in [0.05, 0.1) is 26.4 Å². The summed E-state index contributed by atoms with van der Waals surface area (Å²) in [6.45, 7) is 0. The number of carbonyl (C=O) groups excluding carboxylic acids is 2. The average molecular weight is 557 g/mol. The molecular weight excluding hydrogens is 539 g/mol. The summed E-state index contributed by atoms with van der Waals surface area (Å²) in [6.07, 6.45) is -1.30. The predicted octanol–water partition coefficient (Wildman–Crippen LogP) is 5.36. The molecule has 1 atom stereocenters. The van der Waals surface area contributed by atoms with Crippen LogP contribution >= 0.6 is 23.2 Å². The summed E-state index contributed by atoms with van der Waals surface area (Å²) < 4.78 is 0. The molecule has 12 nitrogen and oxygen atoms in total. The lowest BCUT2D eigenvalue weighted by atomic mass is 10.1.